The number of hydrogen-bond acceptors (Lipinski definition) is 4. The minimum Gasteiger partial charge on any atom is -0.388 e. The van der Waals surface area contributed by atoms with E-state index in [0.29, 0.717) is 17.8 Å². The van der Waals surface area contributed by atoms with E-state index in [9.17, 15) is 15.0 Å². The van der Waals surface area contributed by atoms with Crippen LogP contribution in [0, 0.1) is 6.92 Å². The smallest absolute Gasteiger partial charge is 0.264 e. The van der Waals surface area contributed by atoms with Gasteiger partial charge in [-0.3, -0.25) is 4.79 Å². The fourth-order valence-corrected chi connectivity index (χ4v) is 2.75. The molecule has 0 radical (unpaired) electrons. The maximum absolute atomic E-state index is 12.1. The molecule has 4 nitrogen and oxygen atoms in total. The summed E-state index contributed by atoms with van der Waals surface area (Å²) in [6.45, 7) is 4.24. The predicted octanol–water partition coefficient (Wildman–Crippen LogP) is 1.01. The molecule has 1 aromatic heterocycles. The average molecular weight is 255 g/mol. The van der Waals surface area contributed by atoms with Crippen LogP contribution < -0.4 is 0 Å². The summed E-state index contributed by atoms with van der Waals surface area (Å²) in [5, 5.41) is 19.6. The molecule has 1 aliphatic rings. The van der Waals surface area contributed by atoms with Gasteiger partial charge < -0.3 is 15.1 Å². The summed E-state index contributed by atoms with van der Waals surface area (Å²) in [6.07, 6.45) is -0.467. The molecule has 0 spiro atoms. The van der Waals surface area contributed by atoms with Crippen LogP contribution in [0.1, 0.15) is 27.9 Å². The molecule has 0 saturated carbocycles. The Morgan fingerprint density at radius 1 is 1.59 bits per heavy atom. The van der Waals surface area contributed by atoms with E-state index in [1.54, 1.807) is 11.8 Å². The zero-order valence-electron chi connectivity index (χ0n) is 10.0. The fraction of sp³-hybridized carbons (Fsp3) is 0.583. The molecular formula is C12H17NO3S. The first kappa shape index (κ1) is 12.5. The standard InChI is InChI=1S/C12H17NO3S/c1-8-3-4-9(17-8)11(15)13-6-5-12(2,16)10(14)7-13/h3-4,10,14,16H,5-7H2,1-2H3/t10-,12-/m0/s1. The van der Waals surface area contributed by atoms with Gasteiger partial charge in [0.2, 0.25) is 0 Å². The number of piperidine rings is 1. The molecule has 0 unspecified atom stereocenters. The summed E-state index contributed by atoms with van der Waals surface area (Å²) < 4.78 is 0. The number of aryl methyl sites for hydroxylation is 1. The van der Waals surface area contributed by atoms with E-state index < -0.39 is 11.7 Å². The van der Waals surface area contributed by atoms with Crippen LogP contribution in [0.5, 0.6) is 0 Å². The van der Waals surface area contributed by atoms with Crippen LogP contribution in [0.3, 0.4) is 0 Å². The lowest BCUT2D eigenvalue weighted by Crippen LogP contribution is -2.55. The number of thiophene rings is 1. The van der Waals surface area contributed by atoms with E-state index in [-0.39, 0.29) is 12.5 Å². The van der Waals surface area contributed by atoms with Crippen molar-refractivity contribution in [2.75, 3.05) is 13.1 Å². The summed E-state index contributed by atoms with van der Waals surface area (Å²) >= 11 is 1.46. The lowest BCUT2D eigenvalue weighted by atomic mass is 9.91. The number of aliphatic hydroxyl groups is 2. The molecular weight excluding hydrogens is 238 g/mol. The van der Waals surface area contributed by atoms with Gasteiger partial charge in [0, 0.05) is 18.0 Å². The highest BCUT2D eigenvalue weighted by atomic mass is 32.1. The van der Waals surface area contributed by atoms with Crippen LogP contribution >= 0.6 is 11.3 Å². The predicted molar refractivity (Wildman–Crippen MR) is 66.2 cm³/mol. The van der Waals surface area contributed by atoms with Gasteiger partial charge >= 0.3 is 0 Å². The van der Waals surface area contributed by atoms with E-state index >= 15 is 0 Å². The van der Waals surface area contributed by atoms with Crippen molar-refractivity contribution in [2.24, 2.45) is 0 Å². The maximum atomic E-state index is 12.1. The first-order chi connectivity index (χ1) is 7.90. The summed E-state index contributed by atoms with van der Waals surface area (Å²) in [5.41, 5.74) is -1.08. The third-order valence-electron chi connectivity index (χ3n) is 3.24. The summed E-state index contributed by atoms with van der Waals surface area (Å²) in [7, 11) is 0. The molecule has 17 heavy (non-hydrogen) atoms. The van der Waals surface area contributed by atoms with Crippen LogP contribution in [0.4, 0.5) is 0 Å². The summed E-state index contributed by atoms with van der Waals surface area (Å²) in [4.78, 5) is 15.5. The third kappa shape index (κ3) is 2.51. The topological polar surface area (TPSA) is 60.8 Å². The molecule has 0 aromatic carbocycles. The minimum absolute atomic E-state index is 0.0577. The Morgan fingerprint density at radius 2 is 2.29 bits per heavy atom. The molecule has 0 bridgehead atoms. The molecule has 2 N–H and O–H groups in total. The number of hydrogen-bond donors (Lipinski definition) is 2. The lowest BCUT2D eigenvalue weighted by molar-refractivity contribution is -0.0998. The molecule has 1 saturated heterocycles. The van der Waals surface area contributed by atoms with Gasteiger partial charge in [-0.25, -0.2) is 0 Å². The number of β-amino-alcohol motifs (C(OH)–C–C–N with tert-alkyl or cyclic N) is 1. The molecule has 1 amide bonds. The number of aliphatic hydroxyl groups excluding tert-OH is 1. The normalized spacial score (nSPS) is 29.4. The molecule has 0 aliphatic carbocycles. The highest BCUT2D eigenvalue weighted by Gasteiger charge is 2.38. The van der Waals surface area contributed by atoms with E-state index in [1.807, 2.05) is 19.1 Å². The van der Waals surface area contributed by atoms with Gasteiger partial charge in [-0.15, -0.1) is 11.3 Å². The average Bonchev–Trinajstić information content (AvgIpc) is 2.68. The Labute approximate surface area is 104 Å². The quantitative estimate of drug-likeness (QED) is 0.787. The van der Waals surface area contributed by atoms with Crippen LogP contribution in [-0.2, 0) is 0 Å². The second kappa shape index (κ2) is 4.40. The zero-order valence-corrected chi connectivity index (χ0v) is 10.8. The number of carbonyl (C=O) groups is 1. The third-order valence-corrected chi connectivity index (χ3v) is 4.23. The number of rotatable bonds is 1. The summed E-state index contributed by atoms with van der Waals surface area (Å²) in [6, 6.07) is 3.72. The van der Waals surface area contributed by atoms with Gasteiger partial charge in [0.15, 0.2) is 0 Å². The molecule has 5 heteroatoms. The van der Waals surface area contributed by atoms with Crippen molar-refractivity contribution in [2.45, 2.75) is 32.0 Å². The van der Waals surface area contributed by atoms with Gasteiger partial charge in [-0.05, 0) is 32.4 Å². The van der Waals surface area contributed by atoms with Crippen LogP contribution in [0.15, 0.2) is 12.1 Å². The van der Waals surface area contributed by atoms with Crippen molar-refractivity contribution in [1.29, 1.82) is 0 Å². The Bertz CT molecular complexity index is 427. The Balaban J connectivity index is 2.08. The van der Waals surface area contributed by atoms with Crippen LogP contribution in [0.25, 0.3) is 0 Å². The number of amides is 1. The molecule has 1 fully saturated rings. The van der Waals surface area contributed by atoms with Gasteiger partial charge in [0.05, 0.1) is 16.6 Å². The van der Waals surface area contributed by atoms with Crippen molar-refractivity contribution < 1.29 is 15.0 Å². The molecule has 1 aromatic rings. The van der Waals surface area contributed by atoms with Crippen molar-refractivity contribution >= 4 is 17.2 Å². The Hall–Kier alpha value is -0.910. The lowest BCUT2D eigenvalue weighted by Gasteiger charge is -2.39. The number of carbonyl (C=O) groups excluding carboxylic acids is 1. The van der Waals surface area contributed by atoms with E-state index in [4.69, 9.17) is 0 Å². The van der Waals surface area contributed by atoms with Crippen LogP contribution in [-0.4, -0.2) is 45.8 Å². The highest BCUT2D eigenvalue weighted by Crippen LogP contribution is 2.24. The van der Waals surface area contributed by atoms with E-state index in [0.717, 1.165) is 4.88 Å². The van der Waals surface area contributed by atoms with Crippen molar-refractivity contribution in [3.8, 4) is 0 Å². The first-order valence-corrected chi connectivity index (χ1v) is 6.48. The molecule has 2 heterocycles. The van der Waals surface area contributed by atoms with Gasteiger partial charge in [0.1, 0.15) is 0 Å². The van der Waals surface area contributed by atoms with Crippen LogP contribution in [0.2, 0.25) is 0 Å². The largest absolute Gasteiger partial charge is 0.388 e. The molecule has 2 atom stereocenters. The number of nitrogens with zero attached hydrogens (tertiary/aromatic N) is 1. The van der Waals surface area contributed by atoms with Gasteiger partial charge in [0.25, 0.3) is 5.91 Å². The Morgan fingerprint density at radius 3 is 2.82 bits per heavy atom. The Kier molecular flexibility index (Phi) is 3.25. The SMILES string of the molecule is Cc1ccc(C(=O)N2CC[C@](C)(O)[C@@H](O)C2)s1. The monoisotopic (exact) mass is 255 g/mol. The first-order valence-electron chi connectivity index (χ1n) is 5.66. The maximum Gasteiger partial charge on any atom is 0.264 e. The van der Waals surface area contributed by atoms with E-state index in [2.05, 4.69) is 0 Å². The highest BCUT2D eigenvalue weighted by molar-refractivity contribution is 7.13. The summed E-state index contributed by atoms with van der Waals surface area (Å²) in [5.74, 6) is -0.0577. The second-order valence-electron chi connectivity index (χ2n) is 4.78. The van der Waals surface area contributed by atoms with Crippen molar-refractivity contribution in [1.82, 2.24) is 4.90 Å². The van der Waals surface area contributed by atoms with E-state index in [1.165, 1.54) is 11.3 Å². The molecule has 94 valence electrons. The molecule has 1 aliphatic heterocycles. The van der Waals surface area contributed by atoms with Gasteiger partial charge in [-0.1, -0.05) is 0 Å². The molecule has 2 rings (SSSR count). The van der Waals surface area contributed by atoms with Crippen molar-refractivity contribution in [3.05, 3.63) is 21.9 Å². The minimum atomic E-state index is -1.08. The number of likely N-dealkylation sites (tertiary alicyclic amines) is 1. The van der Waals surface area contributed by atoms with Crippen molar-refractivity contribution in [3.63, 3.8) is 0 Å². The fourth-order valence-electron chi connectivity index (χ4n) is 1.91. The second-order valence-corrected chi connectivity index (χ2v) is 6.07. The van der Waals surface area contributed by atoms with Gasteiger partial charge in [-0.2, -0.15) is 0 Å². The zero-order chi connectivity index (χ0) is 12.6.